The third-order valence-corrected chi connectivity index (χ3v) is 2.95. The van der Waals surface area contributed by atoms with Crippen LogP contribution in [0.25, 0.3) is 4.13 Å². The fraction of sp³-hybridized carbons (Fsp3) is 0. The molecule has 0 bridgehead atoms. The summed E-state index contributed by atoms with van der Waals surface area (Å²) in [6, 6.07) is 8.24. The molecule has 0 radical (unpaired) electrons. The minimum atomic E-state index is 1.28. The molecular formula is C6H4NS2-. The zero-order valence-electron chi connectivity index (χ0n) is 4.57. The molecule has 1 aromatic rings. The second kappa shape index (κ2) is 2.25. The van der Waals surface area contributed by atoms with Crippen LogP contribution in [0.2, 0.25) is 0 Å². The molecule has 1 aromatic carbocycles. The highest BCUT2D eigenvalue weighted by atomic mass is 32.2. The van der Waals surface area contributed by atoms with Gasteiger partial charge in [0.2, 0.25) is 0 Å². The number of rotatable bonds is 0. The molecule has 9 heavy (non-hydrogen) atoms. The predicted octanol–water partition coefficient (Wildman–Crippen LogP) is 3.09. The van der Waals surface area contributed by atoms with Crippen LogP contribution in [0.3, 0.4) is 0 Å². The first-order valence-electron chi connectivity index (χ1n) is 2.60. The zero-order valence-corrected chi connectivity index (χ0v) is 6.21. The molecule has 1 aliphatic rings. The number of nitrogens with zero attached hydrogens (tertiary/aromatic N) is 1. The SMILES string of the molecule is c1ccc2c(c1)S[N-]S2. The van der Waals surface area contributed by atoms with E-state index in [1.54, 1.807) is 23.9 Å². The topological polar surface area (TPSA) is 14.1 Å². The van der Waals surface area contributed by atoms with E-state index >= 15 is 0 Å². The Balaban J connectivity index is 2.54. The standard InChI is InChI=1S/C6H4NS2/c1-2-4-6-5(3-1)8-7-9-6/h1-4H/q-1. The molecule has 0 aromatic heterocycles. The van der Waals surface area contributed by atoms with Crippen LogP contribution in [0.1, 0.15) is 0 Å². The van der Waals surface area contributed by atoms with E-state index in [1.807, 2.05) is 12.1 Å². The molecule has 1 aliphatic heterocycles. The number of fused-ring (bicyclic) bond motifs is 1. The van der Waals surface area contributed by atoms with Crippen LogP contribution >= 0.6 is 23.9 Å². The van der Waals surface area contributed by atoms with E-state index in [1.165, 1.54) is 9.79 Å². The van der Waals surface area contributed by atoms with Gasteiger partial charge < -0.3 is 4.13 Å². The van der Waals surface area contributed by atoms with Crippen molar-refractivity contribution in [1.29, 1.82) is 0 Å². The Morgan fingerprint density at radius 1 is 1.00 bits per heavy atom. The highest BCUT2D eigenvalue weighted by Crippen LogP contribution is 2.47. The summed E-state index contributed by atoms with van der Waals surface area (Å²) in [5.41, 5.74) is 0. The van der Waals surface area contributed by atoms with Gasteiger partial charge >= 0.3 is 0 Å². The van der Waals surface area contributed by atoms with Gasteiger partial charge in [-0.1, -0.05) is 12.1 Å². The van der Waals surface area contributed by atoms with Crippen LogP contribution in [-0.2, 0) is 0 Å². The first-order valence-corrected chi connectivity index (χ1v) is 4.15. The molecule has 46 valence electrons. The highest BCUT2D eigenvalue weighted by Gasteiger charge is 1.98. The molecule has 3 heteroatoms. The average Bonchev–Trinajstić information content (AvgIpc) is 2.33. The van der Waals surface area contributed by atoms with Gasteiger partial charge in [-0.05, 0) is 21.9 Å². The summed E-state index contributed by atoms with van der Waals surface area (Å²) in [6.45, 7) is 0. The van der Waals surface area contributed by atoms with Crippen molar-refractivity contribution in [3.63, 3.8) is 0 Å². The van der Waals surface area contributed by atoms with Gasteiger partial charge in [0.25, 0.3) is 0 Å². The number of hydrogen-bond donors (Lipinski definition) is 0. The molecule has 0 N–H and O–H groups in total. The summed E-state index contributed by atoms with van der Waals surface area (Å²) in [6.07, 6.45) is 0. The third kappa shape index (κ3) is 0.956. The fourth-order valence-corrected chi connectivity index (χ4v) is 2.31. The van der Waals surface area contributed by atoms with Crippen molar-refractivity contribution in [1.82, 2.24) is 0 Å². The van der Waals surface area contributed by atoms with Crippen LogP contribution in [0.4, 0.5) is 0 Å². The van der Waals surface area contributed by atoms with E-state index in [-0.39, 0.29) is 0 Å². The lowest BCUT2D eigenvalue weighted by Crippen LogP contribution is -1.65. The molecule has 0 fully saturated rings. The molecule has 0 saturated heterocycles. The molecular weight excluding hydrogens is 150 g/mol. The Labute approximate surface area is 62.5 Å². The van der Waals surface area contributed by atoms with Crippen molar-refractivity contribution < 1.29 is 0 Å². The lowest BCUT2D eigenvalue weighted by atomic mass is 10.4. The molecule has 0 saturated carbocycles. The van der Waals surface area contributed by atoms with Crippen LogP contribution in [-0.4, -0.2) is 0 Å². The van der Waals surface area contributed by atoms with E-state index in [9.17, 15) is 0 Å². The quantitative estimate of drug-likeness (QED) is 0.533. The smallest absolute Gasteiger partial charge is 0.000443 e. The van der Waals surface area contributed by atoms with Crippen LogP contribution in [0.5, 0.6) is 0 Å². The monoisotopic (exact) mass is 154 g/mol. The Kier molecular flexibility index (Phi) is 1.41. The number of benzene rings is 1. The van der Waals surface area contributed by atoms with Gasteiger partial charge in [0.05, 0.1) is 0 Å². The average molecular weight is 154 g/mol. The molecule has 0 aliphatic carbocycles. The van der Waals surface area contributed by atoms with Gasteiger partial charge in [-0.2, -0.15) is 0 Å². The Morgan fingerprint density at radius 2 is 1.56 bits per heavy atom. The minimum absolute atomic E-state index is 1.28. The molecule has 2 rings (SSSR count). The van der Waals surface area contributed by atoms with Crippen LogP contribution < -0.4 is 0 Å². The van der Waals surface area contributed by atoms with Gasteiger partial charge in [0.15, 0.2) is 0 Å². The molecule has 0 atom stereocenters. The molecule has 0 spiro atoms. The largest absolute Gasteiger partial charge is 0.542 e. The van der Waals surface area contributed by atoms with Crippen LogP contribution in [0.15, 0.2) is 34.1 Å². The fourth-order valence-electron chi connectivity index (χ4n) is 0.700. The second-order valence-electron chi connectivity index (χ2n) is 1.70. The second-order valence-corrected chi connectivity index (χ2v) is 3.54. The first-order chi connectivity index (χ1) is 4.47. The van der Waals surface area contributed by atoms with Gasteiger partial charge in [-0.3, -0.25) is 0 Å². The number of hydrogen-bond acceptors (Lipinski definition) is 2. The Hall–Kier alpha value is -0.120. The van der Waals surface area contributed by atoms with Gasteiger partial charge in [0.1, 0.15) is 0 Å². The van der Waals surface area contributed by atoms with E-state index in [0.29, 0.717) is 0 Å². The van der Waals surface area contributed by atoms with Gasteiger partial charge in [-0.25, -0.2) is 23.9 Å². The predicted molar refractivity (Wildman–Crippen MR) is 41.5 cm³/mol. The zero-order chi connectivity index (χ0) is 6.10. The maximum Gasteiger partial charge on any atom is -0.000443 e. The Morgan fingerprint density at radius 3 is 2.11 bits per heavy atom. The van der Waals surface area contributed by atoms with E-state index in [4.69, 9.17) is 0 Å². The molecule has 1 heterocycles. The lowest BCUT2D eigenvalue weighted by Gasteiger charge is -2.01. The maximum atomic E-state index is 4.08. The summed E-state index contributed by atoms with van der Waals surface area (Å²) in [4.78, 5) is 2.56. The van der Waals surface area contributed by atoms with Crippen molar-refractivity contribution in [2.75, 3.05) is 0 Å². The van der Waals surface area contributed by atoms with Crippen molar-refractivity contribution >= 4 is 23.9 Å². The van der Waals surface area contributed by atoms with E-state index in [0.717, 1.165) is 0 Å². The normalized spacial score (nSPS) is 15.6. The summed E-state index contributed by atoms with van der Waals surface area (Å²) < 4.78 is 4.08. The third-order valence-electron chi connectivity index (χ3n) is 1.12. The summed E-state index contributed by atoms with van der Waals surface area (Å²) in [5, 5.41) is 0. The molecule has 0 unspecified atom stereocenters. The van der Waals surface area contributed by atoms with Crippen molar-refractivity contribution in [3.05, 3.63) is 28.4 Å². The van der Waals surface area contributed by atoms with Gasteiger partial charge in [0, 0.05) is 0 Å². The lowest BCUT2D eigenvalue weighted by molar-refractivity contribution is 1.27. The minimum Gasteiger partial charge on any atom is -0.542 e. The maximum absolute atomic E-state index is 4.08. The van der Waals surface area contributed by atoms with E-state index in [2.05, 4.69) is 16.3 Å². The van der Waals surface area contributed by atoms with Crippen molar-refractivity contribution in [2.45, 2.75) is 9.79 Å². The van der Waals surface area contributed by atoms with Crippen molar-refractivity contribution in [2.24, 2.45) is 0 Å². The van der Waals surface area contributed by atoms with Gasteiger partial charge in [-0.15, -0.1) is 0 Å². The van der Waals surface area contributed by atoms with E-state index < -0.39 is 0 Å². The van der Waals surface area contributed by atoms with Crippen molar-refractivity contribution in [3.8, 4) is 0 Å². The molecule has 0 amide bonds. The molecule has 1 nitrogen and oxygen atoms in total. The Bertz CT molecular complexity index is 201. The van der Waals surface area contributed by atoms with Crippen LogP contribution in [0, 0.1) is 0 Å². The highest BCUT2D eigenvalue weighted by molar-refractivity contribution is 8.22. The first kappa shape index (κ1) is 5.65. The summed E-state index contributed by atoms with van der Waals surface area (Å²) in [5.74, 6) is 0. The summed E-state index contributed by atoms with van der Waals surface area (Å²) in [7, 11) is 0. The summed E-state index contributed by atoms with van der Waals surface area (Å²) >= 11 is 3.11.